The lowest BCUT2D eigenvalue weighted by Crippen LogP contribution is -2.27. The van der Waals surface area contributed by atoms with Crippen molar-refractivity contribution < 1.29 is 33.6 Å². The third kappa shape index (κ3) is 4.77. The fourth-order valence-electron chi connectivity index (χ4n) is 3.59. The summed E-state index contributed by atoms with van der Waals surface area (Å²) in [4.78, 5) is 23.9. The zero-order valence-electron chi connectivity index (χ0n) is 18.5. The normalized spacial score (nSPS) is 15.2. The molecule has 0 aliphatic carbocycles. The van der Waals surface area contributed by atoms with E-state index in [-0.39, 0.29) is 18.7 Å². The summed E-state index contributed by atoms with van der Waals surface area (Å²) in [6, 6.07) is 10.3. The molecule has 170 valence electrons. The first-order chi connectivity index (χ1) is 15.4. The van der Waals surface area contributed by atoms with E-state index in [9.17, 15) is 9.59 Å². The Balaban J connectivity index is 2.00. The monoisotopic (exact) mass is 442 g/mol. The second kappa shape index (κ2) is 10.0. The average molecular weight is 442 g/mol. The lowest BCUT2D eigenvalue weighted by molar-refractivity contribution is -0.141. The molecule has 3 rings (SSSR count). The number of methoxy groups -OCH3 is 4. The van der Waals surface area contributed by atoms with E-state index >= 15 is 0 Å². The summed E-state index contributed by atoms with van der Waals surface area (Å²) in [5, 5.41) is 14.9. The fraction of sp³-hybridized carbons (Fsp3) is 0.348. The van der Waals surface area contributed by atoms with Crippen LogP contribution >= 0.6 is 0 Å². The predicted octanol–water partition coefficient (Wildman–Crippen LogP) is 3.26. The zero-order valence-corrected chi connectivity index (χ0v) is 18.5. The van der Waals surface area contributed by atoms with Gasteiger partial charge in [0.05, 0.1) is 46.6 Å². The van der Waals surface area contributed by atoms with Gasteiger partial charge in [0.2, 0.25) is 5.91 Å². The second-order valence-corrected chi connectivity index (χ2v) is 7.08. The smallest absolute Gasteiger partial charge is 0.303 e. The Hall–Kier alpha value is -3.75. The number of rotatable bonds is 9. The molecule has 0 aromatic heterocycles. The van der Waals surface area contributed by atoms with Crippen molar-refractivity contribution in [2.24, 2.45) is 5.10 Å². The Morgan fingerprint density at radius 3 is 2.28 bits per heavy atom. The predicted molar refractivity (Wildman–Crippen MR) is 117 cm³/mol. The van der Waals surface area contributed by atoms with Crippen LogP contribution in [0.4, 0.5) is 0 Å². The number of benzene rings is 2. The van der Waals surface area contributed by atoms with Gasteiger partial charge in [0.1, 0.15) is 11.5 Å². The van der Waals surface area contributed by atoms with Gasteiger partial charge in [0.25, 0.3) is 0 Å². The van der Waals surface area contributed by atoms with Gasteiger partial charge in [-0.25, -0.2) is 5.01 Å². The Bertz CT molecular complexity index is 1040. The molecule has 1 atom stereocenters. The minimum absolute atomic E-state index is 0.157. The molecule has 0 bridgehead atoms. The van der Waals surface area contributed by atoms with Crippen LogP contribution in [0.3, 0.4) is 0 Å². The third-order valence-electron chi connectivity index (χ3n) is 5.23. The highest BCUT2D eigenvalue weighted by atomic mass is 16.5. The van der Waals surface area contributed by atoms with Crippen molar-refractivity contribution in [1.82, 2.24) is 5.01 Å². The van der Waals surface area contributed by atoms with E-state index in [4.69, 9.17) is 24.1 Å². The summed E-state index contributed by atoms with van der Waals surface area (Å²) in [5.74, 6) is 0.870. The van der Waals surface area contributed by atoms with E-state index in [0.717, 1.165) is 11.1 Å². The molecule has 9 nitrogen and oxygen atoms in total. The third-order valence-corrected chi connectivity index (χ3v) is 5.23. The first-order valence-electron chi connectivity index (χ1n) is 9.97. The van der Waals surface area contributed by atoms with Gasteiger partial charge in [0, 0.05) is 24.5 Å². The van der Waals surface area contributed by atoms with E-state index in [2.05, 4.69) is 5.10 Å². The Morgan fingerprint density at radius 1 is 0.938 bits per heavy atom. The van der Waals surface area contributed by atoms with Crippen molar-refractivity contribution in [2.75, 3.05) is 28.4 Å². The highest BCUT2D eigenvalue weighted by Gasteiger charge is 2.34. The summed E-state index contributed by atoms with van der Waals surface area (Å²) in [5.41, 5.74) is 2.16. The van der Waals surface area contributed by atoms with Crippen molar-refractivity contribution in [3.63, 3.8) is 0 Å². The van der Waals surface area contributed by atoms with Gasteiger partial charge in [-0.1, -0.05) is 6.07 Å². The molecule has 32 heavy (non-hydrogen) atoms. The summed E-state index contributed by atoms with van der Waals surface area (Å²) < 4.78 is 21.5. The molecule has 1 aliphatic heterocycles. The molecule has 1 heterocycles. The molecule has 0 radical (unpaired) electrons. The number of aliphatic carboxylic acids is 1. The van der Waals surface area contributed by atoms with Gasteiger partial charge in [-0.3, -0.25) is 9.59 Å². The lowest BCUT2D eigenvalue weighted by Gasteiger charge is -2.22. The summed E-state index contributed by atoms with van der Waals surface area (Å²) in [6.45, 7) is 0. The molecule has 1 amide bonds. The molecule has 0 saturated carbocycles. The van der Waals surface area contributed by atoms with Gasteiger partial charge in [-0.2, -0.15) is 5.10 Å². The van der Waals surface area contributed by atoms with E-state index in [1.54, 1.807) is 45.6 Å². The number of carboxylic acids is 1. The first kappa shape index (κ1) is 22.9. The van der Waals surface area contributed by atoms with Crippen molar-refractivity contribution in [2.45, 2.75) is 25.3 Å². The quantitative estimate of drug-likeness (QED) is 0.635. The molecular formula is C23H26N2O7. The van der Waals surface area contributed by atoms with E-state index in [0.29, 0.717) is 35.1 Å². The van der Waals surface area contributed by atoms with Crippen molar-refractivity contribution in [3.05, 3.63) is 47.5 Å². The number of amides is 1. The van der Waals surface area contributed by atoms with Crippen LogP contribution in [0.15, 0.2) is 41.5 Å². The molecule has 9 heteroatoms. The molecule has 2 aromatic carbocycles. The molecule has 0 fully saturated rings. The van der Waals surface area contributed by atoms with Crippen LogP contribution in [-0.4, -0.2) is 56.1 Å². The van der Waals surface area contributed by atoms with Crippen LogP contribution in [0.1, 0.15) is 36.4 Å². The molecule has 0 spiro atoms. The molecular weight excluding hydrogens is 416 g/mol. The van der Waals surface area contributed by atoms with E-state index in [1.165, 1.54) is 12.1 Å². The number of ether oxygens (including phenoxy) is 4. The number of carbonyl (C=O) groups excluding carboxylic acids is 1. The minimum Gasteiger partial charge on any atom is -0.497 e. The largest absolute Gasteiger partial charge is 0.497 e. The van der Waals surface area contributed by atoms with Crippen molar-refractivity contribution >= 4 is 17.6 Å². The van der Waals surface area contributed by atoms with E-state index in [1.807, 2.05) is 12.1 Å². The van der Waals surface area contributed by atoms with Crippen LogP contribution in [-0.2, 0) is 9.59 Å². The van der Waals surface area contributed by atoms with Gasteiger partial charge in [0.15, 0.2) is 11.5 Å². The summed E-state index contributed by atoms with van der Waals surface area (Å²) >= 11 is 0. The maximum Gasteiger partial charge on any atom is 0.303 e. The standard InChI is InChI=1S/C23H26N2O7/c1-29-15-6-7-16(20(12-15)31-3)17-13-18(25(24-17)22(26)9-10-23(27)28)14-5-8-19(30-2)21(11-14)32-4/h5-8,11-12,18H,9-10,13H2,1-4H3,(H,27,28). The van der Waals surface area contributed by atoms with Gasteiger partial charge >= 0.3 is 5.97 Å². The number of carboxylic acid groups (broad SMARTS) is 1. The van der Waals surface area contributed by atoms with Crippen LogP contribution in [0, 0.1) is 0 Å². The summed E-state index contributed by atoms with van der Waals surface area (Å²) in [6.07, 6.45) is -0.0165. The maximum atomic E-state index is 12.9. The molecule has 0 saturated heterocycles. The van der Waals surface area contributed by atoms with Gasteiger partial charge in [-0.05, 0) is 29.8 Å². The Kier molecular flexibility index (Phi) is 7.19. The van der Waals surface area contributed by atoms with Crippen LogP contribution in [0.5, 0.6) is 23.0 Å². The van der Waals surface area contributed by atoms with Gasteiger partial charge < -0.3 is 24.1 Å². The minimum atomic E-state index is -1.04. The topological polar surface area (TPSA) is 107 Å². The average Bonchev–Trinajstić information content (AvgIpc) is 3.26. The molecule has 1 N–H and O–H groups in total. The van der Waals surface area contributed by atoms with Crippen LogP contribution in [0.2, 0.25) is 0 Å². The molecule has 1 unspecified atom stereocenters. The lowest BCUT2D eigenvalue weighted by atomic mass is 9.97. The Morgan fingerprint density at radius 2 is 1.66 bits per heavy atom. The number of carbonyl (C=O) groups is 2. The molecule has 1 aliphatic rings. The fourth-order valence-corrected chi connectivity index (χ4v) is 3.59. The number of hydrazone groups is 1. The SMILES string of the molecule is COc1ccc(C2=NN(C(=O)CCC(=O)O)C(c3ccc(OC)c(OC)c3)C2)c(OC)c1. The number of hydrogen-bond acceptors (Lipinski definition) is 7. The number of nitrogens with zero attached hydrogens (tertiary/aromatic N) is 2. The van der Waals surface area contributed by atoms with Crippen molar-refractivity contribution in [1.29, 1.82) is 0 Å². The molecule has 2 aromatic rings. The van der Waals surface area contributed by atoms with Crippen molar-refractivity contribution in [3.8, 4) is 23.0 Å². The first-order valence-corrected chi connectivity index (χ1v) is 9.97. The van der Waals surface area contributed by atoms with Gasteiger partial charge in [-0.15, -0.1) is 0 Å². The Labute approximate surface area is 186 Å². The highest BCUT2D eigenvalue weighted by Crippen LogP contribution is 2.39. The van der Waals surface area contributed by atoms with E-state index < -0.39 is 12.0 Å². The van der Waals surface area contributed by atoms with Crippen LogP contribution in [0.25, 0.3) is 0 Å². The summed E-state index contributed by atoms with van der Waals surface area (Å²) in [7, 11) is 6.20. The van der Waals surface area contributed by atoms with Crippen LogP contribution < -0.4 is 18.9 Å². The second-order valence-electron chi connectivity index (χ2n) is 7.08. The number of hydrogen-bond donors (Lipinski definition) is 1. The highest BCUT2D eigenvalue weighted by molar-refractivity contribution is 6.05. The zero-order chi connectivity index (χ0) is 23.3. The maximum absolute atomic E-state index is 12.9.